The zero-order chi connectivity index (χ0) is 14.5. The van der Waals surface area contributed by atoms with Crippen molar-refractivity contribution in [3.63, 3.8) is 0 Å². The monoisotopic (exact) mass is 323 g/mol. The number of ether oxygens (including phenoxy) is 1. The normalized spacial score (nSPS) is 11.2. The van der Waals surface area contributed by atoms with Crippen molar-refractivity contribution in [3.8, 4) is 5.75 Å². The van der Waals surface area contributed by atoms with E-state index < -0.39 is 5.54 Å². The number of nitrogens with one attached hydrogen (secondary N) is 1. The molecule has 0 heterocycles. The van der Waals surface area contributed by atoms with Crippen LogP contribution in [0, 0.1) is 0 Å². The highest BCUT2D eigenvalue weighted by molar-refractivity contribution is 6.30. The largest absolute Gasteiger partial charge is 0.496 e. The molecule has 1 amide bonds. The molecular weight excluding hydrogens is 309 g/mol. The minimum atomic E-state index is -0.620. The molecule has 3 nitrogen and oxygen atoms in total. The van der Waals surface area contributed by atoms with Crippen molar-refractivity contribution in [3.05, 3.63) is 28.8 Å². The van der Waals surface area contributed by atoms with E-state index in [0.717, 1.165) is 0 Å². The first-order valence-electron chi connectivity index (χ1n) is 5.80. The predicted octanol–water partition coefficient (Wildman–Crippen LogP) is 3.70. The van der Waals surface area contributed by atoms with Gasteiger partial charge in [0.1, 0.15) is 5.75 Å². The van der Waals surface area contributed by atoms with Gasteiger partial charge in [0, 0.05) is 16.8 Å². The van der Waals surface area contributed by atoms with Gasteiger partial charge in [-0.05, 0) is 24.6 Å². The SMILES string of the molecule is CCC(CCl)(CCl)NC(=O)c1ccc(Cl)cc1OC. The molecule has 0 unspecified atom stereocenters. The summed E-state index contributed by atoms with van der Waals surface area (Å²) in [5.74, 6) is 0.624. The molecule has 106 valence electrons. The van der Waals surface area contributed by atoms with Crippen molar-refractivity contribution in [2.75, 3.05) is 18.9 Å². The Kier molecular flexibility index (Phi) is 6.24. The van der Waals surface area contributed by atoms with Crippen molar-refractivity contribution in [2.24, 2.45) is 0 Å². The quantitative estimate of drug-likeness (QED) is 0.810. The van der Waals surface area contributed by atoms with Gasteiger partial charge in [0.15, 0.2) is 0 Å². The van der Waals surface area contributed by atoms with Crippen LogP contribution in [0.15, 0.2) is 18.2 Å². The number of rotatable bonds is 6. The number of methoxy groups -OCH3 is 1. The van der Waals surface area contributed by atoms with Gasteiger partial charge < -0.3 is 10.1 Å². The first-order valence-corrected chi connectivity index (χ1v) is 7.24. The molecule has 6 heteroatoms. The maximum Gasteiger partial charge on any atom is 0.255 e. The molecule has 1 rings (SSSR count). The minimum absolute atomic E-state index is 0.245. The Morgan fingerprint density at radius 1 is 1.37 bits per heavy atom. The van der Waals surface area contributed by atoms with Crippen LogP contribution in [-0.4, -0.2) is 30.3 Å². The van der Waals surface area contributed by atoms with Crippen LogP contribution >= 0.6 is 34.8 Å². The van der Waals surface area contributed by atoms with E-state index in [1.165, 1.54) is 7.11 Å². The summed E-state index contributed by atoms with van der Waals surface area (Å²) in [5, 5.41) is 3.37. The molecule has 1 aromatic carbocycles. The van der Waals surface area contributed by atoms with E-state index in [9.17, 15) is 4.79 Å². The summed E-state index contributed by atoms with van der Waals surface area (Å²) in [4.78, 5) is 12.3. The van der Waals surface area contributed by atoms with Crippen LogP contribution in [0.5, 0.6) is 5.75 Å². The second kappa shape index (κ2) is 7.22. The average molecular weight is 325 g/mol. The lowest BCUT2D eigenvalue weighted by Crippen LogP contribution is -2.51. The Bertz CT molecular complexity index is 439. The molecule has 1 N–H and O–H groups in total. The molecule has 0 aliphatic carbocycles. The molecule has 0 bridgehead atoms. The van der Waals surface area contributed by atoms with Gasteiger partial charge in [-0.2, -0.15) is 0 Å². The summed E-state index contributed by atoms with van der Waals surface area (Å²) in [6, 6.07) is 4.83. The molecule has 0 radical (unpaired) electrons. The first-order chi connectivity index (χ1) is 9.01. The van der Waals surface area contributed by atoms with Gasteiger partial charge in [-0.3, -0.25) is 4.79 Å². The Morgan fingerprint density at radius 2 is 2.00 bits per heavy atom. The zero-order valence-corrected chi connectivity index (χ0v) is 13.1. The summed E-state index contributed by atoms with van der Waals surface area (Å²) in [6.45, 7) is 1.92. The molecule has 0 atom stereocenters. The third-order valence-corrected chi connectivity index (χ3v) is 4.23. The number of hydrogen-bond acceptors (Lipinski definition) is 2. The molecule has 0 aromatic heterocycles. The van der Waals surface area contributed by atoms with Crippen molar-refractivity contribution in [1.29, 1.82) is 0 Å². The molecule has 0 fully saturated rings. The van der Waals surface area contributed by atoms with Gasteiger partial charge in [-0.1, -0.05) is 18.5 Å². The van der Waals surface area contributed by atoms with E-state index in [2.05, 4.69) is 5.32 Å². The van der Waals surface area contributed by atoms with Crippen LogP contribution in [0.2, 0.25) is 5.02 Å². The second-order valence-corrected chi connectivity index (χ2v) is 5.17. The van der Waals surface area contributed by atoms with Gasteiger partial charge in [-0.25, -0.2) is 0 Å². The van der Waals surface area contributed by atoms with Gasteiger partial charge in [0.2, 0.25) is 0 Å². The Labute approximate surface area is 128 Å². The number of benzene rings is 1. The number of carbonyl (C=O) groups is 1. The Morgan fingerprint density at radius 3 is 2.47 bits per heavy atom. The first kappa shape index (κ1) is 16.4. The van der Waals surface area contributed by atoms with Crippen LogP contribution in [-0.2, 0) is 0 Å². The summed E-state index contributed by atoms with van der Waals surface area (Å²) in [7, 11) is 1.48. The lowest BCUT2D eigenvalue weighted by atomic mass is 10.0. The zero-order valence-electron chi connectivity index (χ0n) is 10.8. The summed E-state index contributed by atoms with van der Waals surface area (Å²) >= 11 is 17.7. The highest BCUT2D eigenvalue weighted by Gasteiger charge is 2.29. The second-order valence-electron chi connectivity index (χ2n) is 4.20. The lowest BCUT2D eigenvalue weighted by molar-refractivity contribution is 0.0910. The van der Waals surface area contributed by atoms with Crippen molar-refractivity contribution in [2.45, 2.75) is 18.9 Å². The van der Waals surface area contributed by atoms with Crippen molar-refractivity contribution in [1.82, 2.24) is 5.32 Å². The Hall–Kier alpha value is -0.640. The van der Waals surface area contributed by atoms with E-state index in [1.54, 1.807) is 18.2 Å². The molecule has 1 aromatic rings. The molecular formula is C13H16Cl3NO2. The maximum atomic E-state index is 12.3. The number of halogens is 3. The minimum Gasteiger partial charge on any atom is -0.496 e. The standard InChI is InChI=1S/C13H16Cl3NO2/c1-3-13(7-14,8-15)17-12(18)10-5-4-9(16)6-11(10)19-2/h4-6H,3,7-8H2,1-2H3,(H,17,18). The molecule has 0 saturated heterocycles. The molecule has 0 aliphatic heterocycles. The van der Waals surface area contributed by atoms with Crippen molar-refractivity contribution < 1.29 is 9.53 Å². The van der Waals surface area contributed by atoms with Crippen LogP contribution < -0.4 is 10.1 Å². The Balaban J connectivity index is 3.01. The van der Waals surface area contributed by atoms with E-state index in [-0.39, 0.29) is 17.7 Å². The van der Waals surface area contributed by atoms with E-state index in [1.807, 2.05) is 6.92 Å². The predicted molar refractivity (Wildman–Crippen MR) is 79.9 cm³/mol. The fourth-order valence-corrected chi connectivity index (χ4v) is 2.50. The van der Waals surface area contributed by atoms with Gasteiger partial charge in [-0.15, -0.1) is 23.2 Å². The number of hydrogen-bond donors (Lipinski definition) is 1. The van der Waals surface area contributed by atoms with Gasteiger partial charge >= 0.3 is 0 Å². The molecule has 0 spiro atoms. The number of carbonyl (C=O) groups excluding carboxylic acids is 1. The summed E-state index contributed by atoms with van der Waals surface area (Å²) in [6.07, 6.45) is 0.641. The van der Waals surface area contributed by atoms with Crippen molar-refractivity contribution >= 4 is 40.7 Å². The maximum absolute atomic E-state index is 12.3. The summed E-state index contributed by atoms with van der Waals surface area (Å²) in [5.41, 5.74) is -0.217. The number of amides is 1. The van der Waals surface area contributed by atoms with Crippen LogP contribution in [0.25, 0.3) is 0 Å². The van der Waals surface area contributed by atoms with Gasteiger partial charge in [0.05, 0.1) is 18.2 Å². The van der Waals surface area contributed by atoms with E-state index in [0.29, 0.717) is 22.8 Å². The highest BCUT2D eigenvalue weighted by atomic mass is 35.5. The van der Waals surface area contributed by atoms with E-state index >= 15 is 0 Å². The molecule has 0 aliphatic rings. The van der Waals surface area contributed by atoms with Gasteiger partial charge in [0.25, 0.3) is 5.91 Å². The fourth-order valence-electron chi connectivity index (χ4n) is 1.54. The van der Waals surface area contributed by atoms with E-state index in [4.69, 9.17) is 39.5 Å². The highest BCUT2D eigenvalue weighted by Crippen LogP contribution is 2.24. The van der Waals surface area contributed by atoms with Crippen LogP contribution in [0.4, 0.5) is 0 Å². The number of alkyl halides is 2. The topological polar surface area (TPSA) is 38.3 Å². The molecule has 19 heavy (non-hydrogen) atoms. The third kappa shape index (κ3) is 3.91. The van der Waals surface area contributed by atoms with Crippen LogP contribution in [0.1, 0.15) is 23.7 Å². The fraction of sp³-hybridized carbons (Fsp3) is 0.462. The van der Waals surface area contributed by atoms with Crippen LogP contribution in [0.3, 0.4) is 0 Å². The lowest BCUT2D eigenvalue weighted by Gasteiger charge is -2.29. The summed E-state index contributed by atoms with van der Waals surface area (Å²) < 4.78 is 5.15. The average Bonchev–Trinajstić information content (AvgIpc) is 2.44. The third-order valence-electron chi connectivity index (χ3n) is 2.98. The molecule has 0 saturated carbocycles. The smallest absolute Gasteiger partial charge is 0.255 e.